The van der Waals surface area contributed by atoms with Crippen molar-refractivity contribution in [1.82, 2.24) is 5.23 Å². The van der Waals surface area contributed by atoms with E-state index in [1.807, 2.05) is 20.8 Å². The third-order valence-corrected chi connectivity index (χ3v) is 0.804. The first-order valence-electron chi connectivity index (χ1n) is 3.43. The molecule has 0 fully saturated rings. The van der Waals surface area contributed by atoms with Crippen LogP contribution in [-0.4, -0.2) is 18.4 Å². The van der Waals surface area contributed by atoms with Crippen LogP contribution < -0.4 is 0 Å². The molecule has 0 rings (SSSR count). The third-order valence-electron chi connectivity index (χ3n) is 0.804. The van der Waals surface area contributed by atoms with Crippen LogP contribution in [0.2, 0.25) is 0 Å². The van der Waals surface area contributed by atoms with Gasteiger partial charge in [0.15, 0.2) is 0 Å². The number of rotatable bonds is 5. The summed E-state index contributed by atoms with van der Waals surface area (Å²) < 4.78 is 0. The molecule has 0 radical (unpaired) electrons. The Morgan fingerprint density at radius 3 is 1.90 bits per heavy atom. The molecule has 0 aromatic rings. The molecule has 0 bridgehead atoms. The molecule has 0 aliphatic carbocycles. The molecular weight excluding hydrogens is 130 g/mol. The van der Waals surface area contributed by atoms with Crippen molar-refractivity contribution in [2.45, 2.75) is 20.8 Å². The highest BCUT2D eigenvalue weighted by molar-refractivity contribution is 4.78. The van der Waals surface area contributed by atoms with E-state index >= 15 is 0 Å². The van der Waals surface area contributed by atoms with Gasteiger partial charge in [-0.05, 0) is 20.8 Å². The van der Waals surface area contributed by atoms with Crippen LogP contribution in [0.15, 0.2) is 12.3 Å². The van der Waals surface area contributed by atoms with E-state index in [9.17, 15) is 0 Å². The van der Waals surface area contributed by atoms with E-state index in [1.165, 1.54) is 5.23 Å². The van der Waals surface area contributed by atoms with Crippen molar-refractivity contribution >= 4 is 0 Å². The minimum Gasteiger partial charge on any atom is -0.249 e. The predicted octanol–water partition coefficient (Wildman–Crippen LogP) is 1.73. The summed E-state index contributed by atoms with van der Waals surface area (Å²) in [7, 11) is 0. The van der Waals surface area contributed by atoms with Gasteiger partial charge in [-0.25, -0.2) is 9.68 Å². The summed E-state index contributed by atoms with van der Waals surface area (Å²) in [6.07, 6.45) is 0. The molecular formula is C7H15NO2. The molecule has 0 spiro atoms. The zero-order valence-corrected chi connectivity index (χ0v) is 6.89. The topological polar surface area (TPSA) is 21.7 Å². The molecule has 0 aromatic heterocycles. The van der Waals surface area contributed by atoms with Gasteiger partial charge in [-0.1, -0.05) is 6.58 Å². The Morgan fingerprint density at radius 1 is 1.30 bits per heavy atom. The monoisotopic (exact) mass is 145 g/mol. The molecule has 0 N–H and O–H groups in total. The SMILES string of the molecule is C=C(C)N(OCC)OCC. The van der Waals surface area contributed by atoms with Gasteiger partial charge in [0.05, 0.1) is 18.9 Å². The highest BCUT2D eigenvalue weighted by atomic mass is 16.9. The van der Waals surface area contributed by atoms with Crippen molar-refractivity contribution in [1.29, 1.82) is 0 Å². The summed E-state index contributed by atoms with van der Waals surface area (Å²) in [6, 6.07) is 0. The Hall–Kier alpha value is -0.540. The molecule has 0 atom stereocenters. The third kappa shape index (κ3) is 3.48. The lowest BCUT2D eigenvalue weighted by atomic mass is 10.6. The maximum absolute atomic E-state index is 5.06. The predicted molar refractivity (Wildman–Crippen MR) is 39.9 cm³/mol. The van der Waals surface area contributed by atoms with Gasteiger partial charge < -0.3 is 0 Å². The van der Waals surface area contributed by atoms with Crippen molar-refractivity contribution in [3.63, 3.8) is 0 Å². The molecule has 60 valence electrons. The lowest BCUT2D eigenvalue weighted by Gasteiger charge is -2.20. The van der Waals surface area contributed by atoms with Crippen LogP contribution in [0.4, 0.5) is 0 Å². The van der Waals surface area contributed by atoms with Gasteiger partial charge in [-0.2, -0.15) is 0 Å². The van der Waals surface area contributed by atoms with E-state index in [-0.39, 0.29) is 0 Å². The molecule has 0 unspecified atom stereocenters. The van der Waals surface area contributed by atoms with Crippen molar-refractivity contribution < 1.29 is 9.68 Å². The van der Waals surface area contributed by atoms with Crippen LogP contribution in [0.1, 0.15) is 20.8 Å². The van der Waals surface area contributed by atoms with E-state index in [2.05, 4.69) is 6.58 Å². The highest BCUT2D eigenvalue weighted by Gasteiger charge is 2.00. The summed E-state index contributed by atoms with van der Waals surface area (Å²) in [5.74, 6) is 0. The fourth-order valence-electron chi connectivity index (χ4n) is 0.492. The number of allylic oxidation sites excluding steroid dienone is 1. The molecule has 3 nitrogen and oxygen atoms in total. The number of hydrogen-bond acceptors (Lipinski definition) is 3. The number of nitrogens with zero attached hydrogens (tertiary/aromatic N) is 1. The molecule has 3 heteroatoms. The van der Waals surface area contributed by atoms with Gasteiger partial charge in [0.2, 0.25) is 0 Å². The number of hydroxylamine groups is 2. The van der Waals surface area contributed by atoms with Crippen LogP contribution in [0.25, 0.3) is 0 Å². The Morgan fingerprint density at radius 2 is 1.70 bits per heavy atom. The van der Waals surface area contributed by atoms with Crippen LogP contribution in [0.5, 0.6) is 0 Å². The molecule has 0 saturated heterocycles. The Labute approximate surface area is 62.1 Å². The maximum Gasteiger partial charge on any atom is 0.0747 e. The van der Waals surface area contributed by atoms with Gasteiger partial charge in [-0.15, -0.1) is 5.23 Å². The van der Waals surface area contributed by atoms with E-state index in [4.69, 9.17) is 9.68 Å². The van der Waals surface area contributed by atoms with E-state index < -0.39 is 0 Å². The van der Waals surface area contributed by atoms with Crippen molar-refractivity contribution in [3.8, 4) is 0 Å². The number of hydrogen-bond donors (Lipinski definition) is 0. The zero-order valence-electron chi connectivity index (χ0n) is 6.89. The fourth-order valence-corrected chi connectivity index (χ4v) is 0.492. The Kier molecular flexibility index (Phi) is 4.98. The summed E-state index contributed by atoms with van der Waals surface area (Å²) in [4.78, 5) is 10.1. The Balaban J connectivity index is 3.61. The molecule has 0 amide bonds. The second-order valence-corrected chi connectivity index (χ2v) is 1.83. The lowest BCUT2D eigenvalue weighted by molar-refractivity contribution is -0.340. The van der Waals surface area contributed by atoms with E-state index in [0.29, 0.717) is 13.2 Å². The van der Waals surface area contributed by atoms with Crippen LogP contribution in [-0.2, 0) is 9.68 Å². The molecule has 0 heterocycles. The summed E-state index contributed by atoms with van der Waals surface area (Å²) >= 11 is 0. The molecule has 0 aliphatic heterocycles. The van der Waals surface area contributed by atoms with Crippen LogP contribution in [0.3, 0.4) is 0 Å². The van der Waals surface area contributed by atoms with E-state index in [0.717, 1.165) is 5.70 Å². The van der Waals surface area contributed by atoms with Crippen LogP contribution in [0, 0.1) is 0 Å². The van der Waals surface area contributed by atoms with Crippen molar-refractivity contribution in [2.75, 3.05) is 13.2 Å². The maximum atomic E-state index is 5.06. The van der Waals surface area contributed by atoms with Gasteiger partial charge >= 0.3 is 0 Å². The molecule has 10 heavy (non-hydrogen) atoms. The zero-order chi connectivity index (χ0) is 7.98. The average Bonchev–Trinajstić information content (AvgIpc) is 1.87. The molecule has 0 aromatic carbocycles. The quantitative estimate of drug-likeness (QED) is 0.550. The summed E-state index contributed by atoms with van der Waals surface area (Å²) in [6.45, 7) is 10.5. The minimum absolute atomic E-state index is 0.590. The van der Waals surface area contributed by atoms with Gasteiger partial charge in [0.25, 0.3) is 0 Å². The second kappa shape index (κ2) is 5.26. The van der Waals surface area contributed by atoms with Crippen LogP contribution >= 0.6 is 0 Å². The first kappa shape index (κ1) is 9.46. The average molecular weight is 145 g/mol. The van der Waals surface area contributed by atoms with Gasteiger partial charge in [0.1, 0.15) is 0 Å². The smallest absolute Gasteiger partial charge is 0.0747 e. The second-order valence-electron chi connectivity index (χ2n) is 1.83. The summed E-state index contributed by atoms with van der Waals surface area (Å²) in [5.41, 5.74) is 0.753. The molecule has 0 aliphatic rings. The standard InChI is InChI=1S/C7H15NO2/c1-5-9-8(7(3)4)10-6-2/h3,5-6H2,1-2,4H3. The summed E-state index contributed by atoms with van der Waals surface area (Å²) in [5, 5.41) is 1.33. The Bertz CT molecular complexity index is 97.8. The van der Waals surface area contributed by atoms with Gasteiger partial charge in [0, 0.05) is 0 Å². The largest absolute Gasteiger partial charge is 0.249 e. The van der Waals surface area contributed by atoms with Gasteiger partial charge in [-0.3, -0.25) is 0 Å². The normalized spacial score (nSPS) is 9.50. The van der Waals surface area contributed by atoms with Crippen molar-refractivity contribution in [3.05, 3.63) is 12.3 Å². The lowest BCUT2D eigenvalue weighted by Crippen LogP contribution is -2.21. The van der Waals surface area contributed by atoms with E-state index in [1.54, 1.807) is 0 Å². The molecule has 0 saturated carbocycles. The van der Waals surface area contributed by atoms with Crippen molar-refractivity contribution in [2.24, 2.45) is 0 Å². The fraction of sp³-hybridized carbons (Fsp3) is 0.714. The minimum atomic E-state index is 0.590. The highest BCUT2D eigenvalue weighted by Crippen LogP contribution is 2.01. The first-order chi connectivity index (χ1) is 4.72. The first-order valence-corrected chi connectivity index (χ1v) is 3.43.